The highest BCUT2D eigenvalue weighted by Gasteiger charge is 2.30. The second-order valence-electron chi connectivity index (χ2n) is 6.93. The minimum Gasteiger partial charge on any atom is -0.293 e. The van der Waals surface area contributed by atoms with Crippen LogP contribution in [0, 0.1) is 25.2 Å². The van der Waals surface area contributed by atoms with E-state index >= 15 is 0 Å². The number of nitrogens with one attached hydrogen (secondary N) is 1. The molecule has 8 heteroatoms. The molecule has 0 radical (unpaired) electrons. The molecule has 0 amide bonds. The van der Waals surface area contributed by atoms with Crippen LogP contribution in [0.5, 0.6) is 0 Å². The fourth-order valence-corrected chi connectivity index (χ4v) is 3.42. The van der Waals surface area contributed by atoms with Gasteiger partial charge in [0.1, 0.15) is 0 Å². The van der Waals surface area contributed by atoms with Gasteiger partial charge in [-0.25, -0.2) is 9.50 Å². The molecule has 0 saturated carbocycles. The lowest BCUT2D eigenvalue weighted by Crippen LogP contribution is -2.19. The zero-order valence-corrected chi connectivity index (χ0v) is 16.0. The van der Waals surface area contributed by atoms with Crippen molar-refractivity contribution in [3.8, 4) is 28.5 Å². The maximum absolute atomic E-state index is 12.9. The summed E-state index contributed by atoms with van der Waals surface area (Å²) in [6.45, 7) is 3.39. The van der Waals surface area contributed by atoms with E-state index in [9.17, 15) is 18.0 Å². The summed E-state index contributed by atoms with van der Waals surface area (Å²) < 4.78 is 40.0. The third-order valence-corrected chi connectivity index (χ3v) is 4.98. The van der Waals surface area contributed by atoms with E-state index in [-0.39, 0.29) is 5.56 Å². The molecule has 2 aromatic carbocycles. The number of hydrogen-bond acceptors (Lipinski definition) is 3. The Morgan fingerprint density at radius 2 is 1.60 bits per heavy atom. The van der Waals surface area contributed by atoms with Crippen LogP contribution < -0.4 is 5.56 Å². The summed E-state index contributed by atoms with van der Waals surface area (Å²) >= 11 is 0. The maximum Gasteiger partial charge on any atom is 0.416 e. The number of fused-ring (bicyclic) bond motifs is 1. The van der Waals surface area contributed by atoms with E-state index in [2.05, 4.69) is 10.1 Å². The Hall–Kier alpha value is -3.86. The Labute approximate surface area is 169 Å². The number of H-pyrrole nitrogens is 1. The number of aryl methyl sites for hydroxylation is 1. The molecule has 5 nitrogen and oxygen atoms in total. The minimum absolute atomic E-state index is 0.305. The van der Waals surface area contributed by atoms with Crippen molar-refractivity contribution in [1.82, 2.24) is 14.6 Å². The van der Waals surface area contributed by atoms with Crippen LogP contribution in [0.3, 0.4) is 0 Å². The molecule has 0 aliphatic rings. The smallest absolute Gasteiger partial charge is 0.293 e. The summed E-state index contributed by atoms with van der Waals surface area (Å²) in [5.41, 5.74) is 2.97. The average molecular weight is 408 g/mol. The van der Waals surface area contributed by atoms with Crippen LogP contribution in [0.1, 0.15) is 22.4 Å². The molecule has 0 saturated heterocycles. The highest BCUT2D eigenvalue weighted by atomic mass is 19.4. The second kappa shape index (κ2) is 6.88. The molecule has 0 atom stereocenters. The Morgan fingerprint density at radius 3 is 2.17 bits per heavy atom. The van der Waals surface area contributed by atoms with Gasteiger partial charge in [0.05, 0.1) is 22.9 Å². The van der Waals surface area contributed by atoms with E-state index < -0.39 is 11.7 Å². The van der Waals surface area contributed by atoms with Gasteiger partial charge in [0.25, 0.3) is 5.56 Å². The normalized spacial score (nSPS) is 11.6. The van der Waals surface area contributed by atoms with Gasteiger partial charge in [-0.2, -0.15) is 18.4 Å². The third kappa shape index (κ3) is 3.14. The number of rotatable bonds is 2. The first kappa shape index (κ1) is 19.5. The topological polar surface area (TPSA) is 73.9 Å². The molecule has 0 aliphatic carbocycles. The van der Waals surface area contributed by atoms with Crippen LogP contribution in [0.4, 0.5) is 13.2 Å². The number of nitrogens with zero attached hydrogens (tertiary/aromatic N) is 3. The predicted octanol–water partition coefficient (Wildman–Crippen LogP) is 4.86. The first-order valence-electron chi connectivity index (χ1n) is 9.01. The van der Waals surface area contributed by atoms with E-state index in [1.165, 1.54) is 16.6 Å². The summed E-state index contributed by atoms with van der Waals surface area (Å²) in [5, 5.41) is 11.9. The van der Waals surface area contributed by atoms with E-state index in [0.717, 1.165) is 12.1 Å². The van der Waals surface area contributed by atoms with Gasteiger partial charge < -0.3 is 0 Å². The number of aromatic nitrogens is 3. The Morgan fingerprint density at radius 1 is 1.00 bits per heavy atom. The van der Waals surface area contributed by atoms with E-state index in [1.54, 1.807) is 38.1 Å². The van der Waals surface area contributed by atoms with Gasteiger partial charge in [0, 0.05) is 22.4 Å². The largest absolute Gasteiger partial charge is 0.416 e. The third-order valence-electron chi connectivity index (χ3n) is 4.98. The predicted molar refractivity (Wildman–Crippen MR) is 106 cm³/mol. The van der Waals surface area contributed by atoms with E-state index in [1.807, 2.05) is 6.07 Å². The fourth-order valence-electron chi connectivity index (χ4n) is 3.42. The Bertz CT molecular complexity index is 1360. The van der Waals surface area contributed by atoms with Crippen molar-refractivity contribution in [1.29, 1.82) is 5.26 Å². The Balaban J connectivity index is 1.93. The second-order valence-corrected chi connectivity index (χ2v) is 6.93. The lowest BCUT2D eigenvalue weighted by atomic mass is 10.0. The Kier molecular flexibility index (Phi) is 4.46. The fraction of sp³-hybridized carbons (Fsp3) is 0.136. The number of nitriles is 1. The molecule has 0 spiro atoms. The molecule has 2 heterocycles. The van der Waals surface area contributed by atoms with Crippen molar-refractivity contribution >= 4 is 5.65 Å². The first-order chi connectivity index (χ1) is 14.2. The number of hydrogen-bond donors (Lipinski definition) is 1. The van der Waals surface area contributed by atoms with Gasteiger partial charge in [-0.15, -0.1) is 0 Å². The van der Waals surface area contributed by atoms with E-state index in [4.69, 9.17) is 5.26 Å². The zero-order chi connectivity index (χ0) is 21.6. The van der Waals surface area contributed by atoms with Gasteiger partial charge in [-0.05, 0) is 43.7 Å². The van der Waals surface area contributed by atoms with Gasteiger partial charge >= 0.3 is 6.18 Å². The van der Waals surface area contributed by atoms with Gasteiger partial charge in [0.2, 0.25) is 0 Å². The maximum atomic E-state index is 12.9. The van der Waals surface area contributed by atoms with Crippen LogP contribution in [0.25, 0.3) is 28.0 Å². The van der Waals surface area contributed by atoms with Crippen molar-refractivity contribution < 1.29 is 13.2 Å². The first-order valence-corrected chi connectivity index (χ1v) is 9.01. The van der Waals surface area contributed by atoms with Crippen LogP contribution in [0.2, 0.25) is 0 Å². The number of benzene rings is 2. The number of aromatic amines is 1. The molecule has 4 aromatic rings. The molecule has 150 valence electrons. The van der Waals surface area contributed by atoms with Crippen molar-refractivity contribution in [2.45, 2.75) is 20.0 Å². The molecule has 0 aliphatic heterocycles. The van der Waals surface area contributed by atoms with Crippen LogP contribution in [-0.2, 0) is 6.18 Å². The summed E-state index contributed by atoms with van der Waals surface area (Å²) in [4.78, 5) is 17.6. The molecule has 0 fully saturated rings. The monoisotopic (exact) mass is 408 g/mol. The lowest BCUT2D eigenvalue weighted by molar-refractivity contribution is -0.137. The number of alkyl halides is 3. The number of halogens is 3. The van der Waals surface area contributed by atoms with Gasteiger partial charge in [0.15, 0.2) is 5.65 Å². The molecule has 1 N–H and O–H groups in total. The quantitative estimate of drug-likeness (QED) is 0.515. The van der Waals surface area contributed by atoms with E-state index in [0.29, 0.717) is 44.9 Å². The molecule has 0 unspecified atom stereocenters. The van der Waals surface area contributed by atoms with Gasteiger partial charge in [-0.1, -0.05) is 24.3 Å². The minimum atomic E-state index is -4.43. The molecular formula is C22H15F3N4O. The van der Waals surface area contributed by atoms with Crippen LogP contribution in [0.15, 0.2) is 53.3 Å². The van der Waals surface area contributed by atoms with Crippen molar-refractivity contribution in [3.05, 3.63) is 81.3 Å². The van der Waals surface area contributed by atoms with Gasteiger partial charge in [-0.3, -0.25) is 9.89 Å². The van der Waals surface area contributed by atoms with Crippen LogP contribution in [-0.4, -0.2) is 14.6 Å². The van der Waals surface area contributed by atoms with Crippen molar-refractivity contribution in [3.63, 3.8) is 0 Å². The molecule has 30 heavy (non-hydrogen) atoms. The summed E-state index contributed by atoms with van der Waals surface area (Å²) in [5.74, 6) is 0. The SMILES string of the molecule is Cc1[nH]n2c(=O)c(C)c(-c3ccc(C#N)cc3)nc2c1-c1ccc(C(F)(F)F)cc1. The highest BCUT2D eigenvalue weighted by Crippen LogP contribution is 2.33. The lowest BCUT2D eigenvalue weighted by Gasteiger charge is -2.09. The summed E-state index contributed by atoms with van der Waals surface area (Å²) in [6.07, 6.45) is -4.43. The highest BCUT2D eigenvalue weighted by molar-refractivity contribution is 5.81. The molecule has 2 aromatic heterocycles. The van der Waals surface area contributed by atoms with Crippen molar-refractivity contribution in [2.75, 3.05) is 0 Å². The summed E-state index contributed by atoms with van der Waals surface area (Å²) in [6, 6.07) is 13.5. The zero-order valence-electron chi connectivity index (χ0n) is 16.0. The van der Waals surface area contributed by atoms with Crippen LogP contribution >= 0.6 is 0 Å². The standard InChI is InChI=1S/C22H15F3N4O/c1-12-19(16-5-3-14(11-26)4-6-16)27-20-18(13(2)28-29(20)21(12)30)15-7-9-17(10-8-15)22(23,24)25/h3-10,28H,1-2H3. The summed E-state index contributed by atoms with van der Waals surface area (Å²) in [7, 11) is 0. The average Bonchev–Trinajstić information content (AvgIpc) is 3.06. The van der Waals surface area contributed by atoms with Crippen molar-refractivity contribution in [2.24, 2.45) is 0 Å². The molecule has 4 rings (SSSR count). The molecule has 0 bridgehead atoms. The molecular weight excluding hydrogens is 393 g/mol.